The summed E-state index contributed by atoms with van der Waals surface area (Å²) in [5.41, 5.74) is 2.39. The van der Waals surface area contributed by atoms with Gasteiger partial charge in [-0.25, -0.2) is 0 Å². The Hall–Kier alpha value is -4.78. The molecule has 0 aromatic heterocycles. The fourth-order valence-corrected chi connectivity index (χ4v) is 3.76. The summed E-state index contributed by atoms with van der Waals surface area (Å²) in [5.74, 6) is 2.30. The highest BCUT2D eigenvalue weighted by Crippen LogP contribution is 2.25. The Balaban J connectivity index is 1.27. The topological polar surface area (TPSA) is 85.9 Å². The molecule has 2 amide bonds. The van der Waals surface area contributed by atoms with Crippen LogP contribution in [0.3, 0.4) is 0 Å². The number of ether oxygens (including phenoxy) is 3. The van der Waals surface area contributed by atoms with Crippen molar-refractivity contribution in [3.05, 3.63) is 108 Å². The molecule has 41 heavy (non-hydrogen) atoms. The van der Waals surface area contributed by atoms with Crippen LogP contribution in [-0.4, -0.2) is 24.0 Å². The number of carbonyl (C=O) groups is 2. The van der Waals surface area contributed by atoms with Gasteiger partial charge in [0.1, 0.15) is 23.0 Å². The van der Waals surface area contributed by atoms with Crippen molar-refractivity contribution in [1.82, 2.24) is 0 Å². The molecule has 7 nitrogen and oxygen atoms in total. The molecule has 0 spiro atoms. The lowest BCUT2D eigenvalue weighted by molar-refractivity contribution is 0.101. The van der Waals surface area contributed by atoms with E-state index in [2.05, 4.69) is 24.5 Å². The monoisotopic (exact) mass is 552 g/mol. The molecule has 0 bridgehead atoms. The molecule has 7 heteroatoms. The maximum Gasteiger partial charge on any atom is 0.255 e. The molecule has 2 N–H and O–H groups in total. The molecule has 2 atom stereocenters. The fourth-order valence-electron chi connectivity index (χ4n) is 3.76. The standard InChI is InChI=1S/C34H36N2O5/c1-5-23(3)39-29-15-7-25(8-16-29)33(37)35-27-11-19-31(20-12-27)41-32-21-13-28(14-22-32)36-34(38)26-9-17-30(18-10-26)40-24(4)6-2/h7-24H,5-6H2,1-4H3,(H,35,37)(H,36,38). The van der Waals surface area contributed by atoms with Gasteiger partial charge in [-0.1, -0.05) is 13.8 Å². The van der Waals surface area contributed by atoms with E-state index in [4.69, 9.17) is 14.2 Å². The van der Waals surface area contributed by atoms with Crippen LogP contribution >= 0.6 is 0 Å². The molecule has 4 aromatic rings. The molecule has 0 heterocycles. The van der Waals surface area contributed by atoms with Gasteiger partial charge in [0.05, 0.1) is 12.2 Å². The Morgan fingerprint density at radius 2 is 0.854 bits per heavy atom. The van der Waals surface area contributed by atoms with Crippen molar-refractivity contribution >= 4 is 23.2 Å². The molecule has 212 valence electrons. The Morgan fingerprint density at radius 3 is 1.17 bits per heavy atom. The predicted octanol–water partition coefficient (Wildman–Crippen LogP) is 8.34. The number of nitrogens with one attached hydrogen (secondary N) is 2. The van der Waals surface area contributed by atoms with Crippen LogP contribution in [0.4, 0.5) is 11.4 Å². The lowest BCUT2D eigenvalue weighted by Gasteiger charge is -2.13. The van der Waals surface area contributed by atoms with Crippen LogP contribution in [0.5, 0.6) is 23.0 Å². The van der Waals surface area contributed by atoms with Gasteiger partial charge in [-0.15, -0.1) is 0 Å². The van der Waals surface area contributed by atoms with Crippen LogP contribution in [0, 0.1) is 0 Å². The predicted molar refractivity (Wildman–Crippen MR) is 163 cm³/mol. The molecule has 0 aliphatic rings. The van der Waals surface area contributed by atoms with Crippen LogP contribution in [0.2, 0.25) is 0 Å². The molecule has 4 aromatic carbocycles. The minimum atomic E-state index is -0.207. The summed E-state index contributed by atoms with van der Waals surface area (Å²) >= 11 is 0. The van der Waals surface area contributed by atoms with Crippen LogP contribution in [0.15, 0.2) is 97.1 Å². The SMILES string of the molecule is CCC(C)Oc1ccc(C(=O)Nc2ccc(Oc3ccc(NC(=O)c4ccc(OC(C)CC)cc4)cc3)cc2)cc1. The molecule has 0 radical (unpaired) electrons. The minimum Gasteiger partial charge on any atom is -0.491 e. The lowest BCUT2D eigenvalue weighted by atomic mass is 10.2. The molecule has 2 unspecified atom stereocenters. The van der Waals surface area contributed by atoms with Gasteiger partial charge in [-0.3, -0.25) is 9.59 Å². The van der Waals surface area contributed by atoms with Crippen molar-refractivity contribution in [3.63, 3.8) is 0 Å². The van der Waals surface area contributed by atoms with E-state index in [1.165, 1.54) is 0 Å². The number of rotatable bonds is 12. The van der Waals surface area contributed by atoms with Crippen molar-refractivity contribution in [2.75, 3.05) is 10.6 Å². The average Bonchev–Trinajstić information content (AvgIpc) is 2.99. The van der Waals surface area contributed by atoms with Crippen molar-refractivity contribution < 1.29 is 23.8 Å². The van der Waals surface area contributed by atoms with Gasteiger partial charge in [0.25, 0.3) is 11.8 Å². The van der Waals surface area contributed by atoms with E-state index in [9.17, 15) is 9.59 Å². The van der Waals surface area contributed by atoms with Crippen LogP contribution in [0.25, 0.3) is 0 Å². The van der Waals surface area contributed by atoms with Gasteiger partial charge < -0.3 is 24.8 Å². The first-order valence-corrected chi connectivity index (χ1v) is 13.9. The van der Waals surface area contributed by atoms with Crippen molar-refractivity contribution in [1.29, 1.82) is 0 Å². The number of benzene rings is 4. The first kappa shape index (κ1) is 29.2. The largest absolute Gasteiger partial charge is 0.491 e. The zero-order valence-electron chi connectivity index (χ0n) is 23.8. The Bertz CT molecular complexity index is 1310. The third-order valence-corrected chi connectivity index (χ3v) is 6.52. The summed E-state index contributed by atoms with van der Waals surface area (Å²) in [6.07, 6.45) is 2.07. The Kier molecular flexibility index (Phi) is 9.99. The smallest absolute Gasteiger partial charge is 0.255 e. The Morgan fingerprint density at radius 1 is 0.537 bits per heavy atom. The summed E-state index contributed by atoms with van der Waals surface area (Å²) < 4.78 is 17.5. The van der Waals surface area contributed by atoms with E-state index in [-0.39, 0.29) is 24.0 Å². The highest BCUT2D eigenvalue weighted by Gasteiger charge is 2.10. The van der Waals surface area contributed by atoms with E-state index in [0.29, 0.717) is 34.0 Å². The highest BCUT2D eigenvalue weighted by atomic mass is 16.5. The van der Waals surface area contributed by atoms with E-state index < -0.39 is 0 Å². The summed E-state index contributed by atoms with van der Waals surface area (Å²) in [5, 5.41) is 5.78. The van der Waals surface area contributed by atoms with Gasteiger partial charge >= 0.3 is 0 Å². The summed E-state index contributed by atoms with van der Waals surface area (Å²) in [4.78, 5) is 25.2. The van der Waals surface area contributed by atoms with Crippen LogP contribution in [0.1, 0.15) is 61.3 Å². The number of hydrogen-bond donors (Lipinski definition) is 2. The highest BCUT2D eigenvalue weighted by molar-refractivity contribution is 6.05. The number of amides is 2. The van der Waals surface area contributed by atoms with Crippen molar-refractivity contribution in [3.8, 4) is 23.0 Å². The summed E-state index contributed by atoms with van der Waals surface area (Å²) in [7, 11) is 0. The lowest BCUT2D eigenvalue weighted by Crippen LogP contribution is -2.12. The summed E-state index contributed by atoms with van der Waals surface area (Å²) in [6.45, 7) is 8.14. The van der Waals surface area contributed by atoms with E-state index in [1.807, 2.05) is 13.8 Å². The molecule has 0 saturated heterocycles. The van der Waals surface area contributed by atoms with Crippen LogP contribution < -0.4 is 24.8 Å². The van der Waals surface area contributed by atoms with E-state index >= 15 is 0 Å². The maximum absolute atomic E-state index is 12.6. The number of anilines is 2. The number of carbonyl (C=O) groups excluding carboxylic acids is 2. The van der Waals surface area contributed by atoms with E-state index in [0.717, 1.165) is 24.3 Å². The third kappa shape index (κ3) is 8.60. The second kappa shape index (κ2) is 14.0. The normalized spacial score (nSPS) is 12.1. The number of hydrogen-bond acceptors (Lipinski definition) is 5. The molecule has 4 rings (SSSR count). The Labute approximate surface area is 241 Å². The second-order valence-electron chi connectivity index (χ2n) is 9.78. The van der Waals surface area contributed by atoms with Gasteiger partial charge in [-0.2, -0.15) is 0 Å². The van der Waals surface area contributed by atoms with Crippen molar-refractivity contribution in [2.45, 2.75) is 52.7 Å². The average molecular weight is 553 g/mol. The minimum absolute atomic E-state index is 0.123. The van der Waals surface area contributed by atoms with E-state index in [1.54, 1.807) is 97.1 Å². The molecule has 0 fully saturated rings. The van der Waals surface area contributed by atoms with Gasteiger partial charge in [-0.05, 0) is 124 Å². The van der Waals surface area contributed by atoms with Gasteiger partial charge in [0.15, 0.2) is 0 Å². The van der Waals surface area contributed by atoms with Gasteiger partial charge in [0.2, 0.25) is 0 Å². The zero-order valence-corrected chi connectivity index (χ0v) is 23.8. The molecule has 0 saturated carbocycles. The molecular weight excluding hydrogens is 516 g/mol. The molecular formula is C34H36N2O5. The third-order valence-electron chi connectivity index (χ3n) is 6.52. The molecule has 0 aliphatic heterocycles. The van der Waals surface area contributed by atoms with Gasteiger partial charge in [0, 0.05) is 22.5 Å². The fraction of sp³-hybridized carbons (Fsp3) is 0.235. The zero-order chi connectivity index (χ0) is 29.2. The molecule has 0 aliphatic carbocycles. The first-order valence-electron chi connectivity index (χ1n) is 13.9. The maximum atomic E-state index is 12.6. The van der Waals surface area contributed by atoms with Crippen molar-refractivity contribution in [2.24, 2.45) is 0 Å². The second-order valence-corrected chi connectivity index (χ2v) is 9.78. The quantitative estimate of drug-likeness (QED) is 0.184. The van der Waals surface area contributed by atoms with Crippen LogP contribution in [-0.2, 0) is 0 Å². The first-order chi connectivity index (χ1) is 19.8. The summed E-state index contributed by atoms with van der Waals surface area (Å²) in [6, 6.07) is 28.4.